The first kappa shape index (κ1) is 26.8. The number of hydrogen-bond donors (Lipinski definition) is 1. The van der Waals surface area contributed by atoms with E-state index in [-0.39, 0.29) is 24.5 Å². The fourth-order valence-electron chi connectivity index (χ4n) is 6.05. The number of benzene rings is 1. The highest BCUT2D eigenvalue weighted by atomic mass is 16.5. The minimum absolute atomic E-state index is 0.160. The van der Waals surface area contributed by atoms with E-state index in [9.17, 15) is 4.79 Å². The van der Waals surface area contributed by atoms with E-state index in [2.05, 4.69) is 57.5 Å². The summed E-state index contributed by atoms with van der Waals surface area (Å²) in [6.45, 7) is 16.4. The average molecular weight is 555 g/mol. The number of aromatic amines is 1. The lowest BCUT2D eigenvalue weighted by molar-refractivity contribution is -0.128. The Kier molecular flexibility index (Phi) is 7.32. The molecule has 11 nitrogen and oxygen atoms in total. The van der Waals surface area contributed by atoms with Crippen LogP contribution in [0.3, 0.4) is 0 Å². The molecule has 3 aromatic rings. The van der Waals surface area contributed by atoms with Crippen molar-refractivity contribution in [1.29, 1.82) is 0 Å². The first-order valence-corrected chi connectivity index (χ1v) is 14.0. The van der Waals surface area contributed by atoms with Gasteiger partial charge in [0.05, 0.1) is 17.3 Å². The highest BCUT2D eigenvalue weighted by Crippen LogP contribution is 2.39. The summed E-state index contributed by atoms with van der Waals surface area (Å²) in [5.41, 5.74) is 3.85. The largest absolute Gasteiger partial charge is 0.462 e. The van der Waals surface area contributed by atoms with Crippen molar-refractivity contribution in [2.45, 2.75) is 38.3 Å². The monoisotopic (exact) mass is 554 g/mol. The van der Waals surface area contributed by atoms with E-state index in [0.717, 1.165) is 58.6 Å². The molecule has 0 unspecified atom stereocenters. The van der Waals surface area contributed by atoms with Crippen LogP contribution in [0.4, 0.5) is 5.82 Å². The Balaban J connectivity index is 1.35. The maximum absolute atomic E-state index is 12.5. The van der Waals surface area contributed by atoms with E-state index in [1.165, 1.54) is 6.08 Å². The van der Waals surface area contributed by atoms with Gasteiger partial charge in [-0.15, -0.1) is 0 Å². The summed E-state index contributed by atoms with van der Waals surface area (Å²) >= 11 is 0. The lowest BCUT2D eigenvalue weighted by Gasteiger charge is -2.40. The van der Waals surface area contributed by atoms with Crippen molar-refractivity contribution < 1.29 is 14.3 Å². The molecule has 11 heteroatoms. The highest BCUT2D eigenvalue weighted by molar-refractivity contribution is 5.92. The second-order valence-corrected chi connectivity index (χ2v) is 10.8. The normalized spacial score (nSPS) is 20.8. The van der Waals surface area contributed by atoms with Crippen LogP contribution in [0.1, 0.15) is 29.5 Å². The molecule has 5 heterocycles. The molecule has 6 rings (SSSR count). The van der Waals surface area contributed by atoms with Crippen LogP contribution in [0, 0.1) is 13.5 Å². The second-order valence-electron chi connectivity index (χ2n) is 10.8. The van der Waals surface area contributed by atoms with Crippen molar-refractivity contribution in [3.63, 3.8) is 0 Å². The molecule has 1 aromatic carbocycles. The molecule has 2 fully saturated rings. The molecule has 1 amide bonds. The third-order valence-electron chi connectivity index (χ3n) is 8.32. The van der Waals surface area contributed by atoms with Gasteiger partial charge < -0.3 is 29.0 Å². The first-order chi connectivity index (χ1) is 20.0. The van der Waals surface area contributed by atoms with Gasteiger partial charge in [0.15, 0.2) is 0 Å². The molecule has 3 aliphatic rings. The molecule has 0 spiro atoms. The van der Waals surface area contributed by atoms with Gasteiger partial charge >= 0.3 is 6.01 Å². The number of carbonyl (C=O) groups excluding carboxylic acids is 1. The number of likely N-dealkylation sites (N-methyl/N-ethyl adjacent to an activating group) is 1. The van der Waals surface area contributed by atoms with Crippen LogP contribution >= 0.6 is 0 Å². The van der Waals surface area contributed by atoms with Gasteiger partial charge in [-0.2, -0.15) is 15.1 Å². The molecule has 2 atom stereocenters. The van der Waals surface area contributed by atoms with Crippen LogP contribution < -0.4 is 14.4 Å². The lowest BCUT2D eigenvalue weighted by Crippen LogP contribution is -2.56. The van der Waals surface area contributed by atoms with E-state index >= 15 is 0 Å². The van der Waals surface area contributed by atoms with Gasteiger partial charge in [0.1, 0.15) is 24.2 Å². The molecule has 212 valence electrons. The van der Waals surface area contributed by atoms with Gasteiger partial charge in [-0.1, -0.05) is 12.6 Å². The molecule has 3 aliphatic heterocycles. The second kappa shape index (κ2) is 11.2. The van der Waals surface area contributed by atoms with Crippen molar-refractivity contribution in [2.24, 2.45) is 0 Å². The van der Waals surface area contributed by atoms with Crippen LogP contribution in [0.5, 0.6) is 11.9 Å². The number of fused-ring (bicyclic) bond motifs is 2. The maximum Gasteiger partial charge on any atom is 0.321 e. The van der Waals surface area contributed by atoms with Crippen LogP contribution in [0.15, 0.2) is 37.1 Å². The number of aromatic nitrogens is 4. The van der Waals surface area contributed by atoms with Crippen molar-refractivity contribution in [1.82, 2.24) is 30.0 Å². The molecule has 1 N–H and O–H groups in total. The van der Waals surface area contributed by atoms with Gasteiger partial charge in [-0.05, 0) is 57.1 Å². The van der Waals surface area contributed by atoms with E-state index in [0.29, 0.717) is 44.6 Å². The SMILES string of the molecule is [C-]#[N+]C[C@H]1CN(c2nc(OC[C@@H]3CCCN3C)nc3c2CC=C(c2c(C)ccc4[nH]ncc24)O3)CCN1C(=O)C=C. The Morgan fingerprint density at radius 1 is 1.29 bits per heavy atom. The number of piperazine rings is 1. The number of rotatable bonds is 7. The minimum Gasteiger partial charge on any atom is -0.462 e. The number of allylic oxidation sites excluding steroid dienone is 1. The van der Waals surface area contributed by atoms with Crippen molar-refractivity contribution >= 4 is 28.4 Å². The number of H-pyrrole nitrogens is 1. The van der Waals surface area contributed by atoms with Gasteiger partial charge in [-0.25, -0.2) is 6.57 Å². The minimum atomic E-state index is -0.272. The third kappa shape index (κ3) is 5.11. The summed E-state index contributed by atoms with van der Waals surface area (Å²) in [5, 5.41) is 8.25. The predicted octanol–water partition coefficient (Wildman–Crippen LogP) is 3.23. The van der Waals surface area contributed by atoms with E-state index in [4.69, 9.17) is 26.0 Å². The summed E-state index contributed by atoms with van der Waals surface area (Å²) in [4.78, 5) is 31.9. The Bertz CT molecular complexity index is 1560. The zero-order valence-electron chi connectivity index (χ0n) is 23.5. The van der Waals surface area contributed by atoms with Crippen LogP contribution in [-0.2, 0) is 11.2 Å². The molecular weight excluding hydrogens is 520 g/mol. The summed E-state index contributed by atoms with van der Waals surface area (Å²) < 4.78 is 12.7. The number of nitrogens with zero attached hydrogens (tertiary/aromatic N) is 7. The number of aryl methyl sites for hydroxylation is 1. The van der Waals surface area contributed by atoms with Gasteiger partial charge in [0, 0.05) is 43.0 Å². The summed E-state index contributed by atoms with van der Waals surface area (Å²) in [5.74, 6) is 1.75. The number of amides is 1. The predicted molar refractivity (Wildman–Crippen MR) is 156 cm³/mol. The highest BCUT2D eigenvalue weighted by Gasteiger charge is 2.35. The molecule has 0 bridgehead atoms. The molecule has 2 saturated heterocycles. The van der Waals surface area contributed by atoms with Gasteiger partial charge in [0.25, 0.3) is 0 Å². The van der Waals surface area contributed by atoms with E-state index in [1.54, 1.807) is 4.90 Å². The zero-order valence-corrected chi connectivity index (χ0v) is 23.5. The van der Waals surface area contributed by atoms with Crippen LogP contribution in [0.25, 0.3) is 21.5 Å². The quantitative estimate of drug-likeness (QED) is 0.351. The summed E-state index contributed by atoms with van der Waals surface area (Å²) in [6, 6.07) is 4.37. The third-order valence-corrected chi connectivity index (χ3v) is 8.32. The molecule has 2 aromatic heterocycles. The number of carbonyl (C=O) groups is 1. The molecule has 41 heavy (non-hydrogen) atoms. The van der Waals surface area contributed by atoms with Crippen molar-refractivity contribution in [3.05, 3.63) is 65.2 Å². The Morgan fingerprint density at radius 3 is 2.95 bits per heavy atom. The summed E-state index contributed by atoms with van der Waals surface area (Å²) in [7, 11) is 2.11. The molecular formula is C30H34N8O3. The van der Waals surface area contributed by atoms with Gasteiger partial charge in [-0.3, -0.25) is 9.89 Å². The van der Waals surface area contributed by atoms with Gasteiger partial charge in [0.2, 0.25) is 18.3 Å². The Hall–Kier alpha value is -4.43. The maximum atomic E-state index is 12.5. The standard InChI is InChI=1S/C30H34N8O3/c1-5-26(39)38-14-13-37(17-21(38)15-31-3)28-22-9-11-25(27-19(2)8-10-24-23(27)16-32-35-24)41-29(22)34-30(33-28)40-18-20-7-6-12-36(20)4/h5,8,10-11,16,20-21H,1,6-7,9,12-15,17-18H2,2,4H3,(H,32,35)/t20-,21-/m0/s1. The average Bonchev–Trinajstić information content (AvgIpc) is 3.63. The number of nitrogens with one attached hydrogen (secondary N) is 1. The number of anilines is 1. The fraction of sp³-hybridized carbons (Fsp3) is 0.433. The van der Waals surface area contributed by atoms with Crippen molar-refractivity contribution in [2.75, 3.05) is 51.3 Å². The van der Waals surface area contributed by atoms with Crippen LogP contribution in [0.2, 0.25) is 0 Å². The number of likely N-dealkylation sites (tertiary alicyclic amines) is 1. The molecule has 0 saturated carbocycles. The van der Waals surface area contributed by atoms with Crippen LogP contribution in [-0.4, -0.2) is 94.3 Å². The lowest BCUT2D eigenvalue weighted by atomic mass is 9.99. The van der Waals surface area contributed by atoms with Crippen molar-refractivity contribution in [3.8, 4) is 11.9 Å². The number of ether oxygens (including phenoxy) is 2. The molecule has 0 radical (unpaired) electrons. The Morgan fingerprint density at radius 2 is 2.17 bits per heavy atom. The van der Waals surface area contributed by atoms with E-state index < -0.39 is 0 Å². The molecule has 0 aliphatic carbocycles. The summed E-state index contributed by atoms with van der Waals surface area (Å²) in [6.07, 6.45) is 7.98. The van der Waals surface area contributed by atoms with E-state index in [1.807, 2.05) is 12.3 Å². The first-order valence-electron chi connectivity index (χ1n) is 14.0. The zero-order chi connectivity index (χ0) is 28.5. The Labute approximate surface area is 239 Å². The smallest absolute Gasteiger partial charge is 0.321 e. The topological polar surface area (TPSA) is 104 Å². The number of hydrogen-bond acceptors (Lipinski definition) is 8. The fourth-order valence-corrected chi connectivity index (χ4v) is 6.05.